The lowest BCUT2D eigenvalue weighted by molar-refractivity contribution is -0.138. The maximum atomic E-state index is 13.8. The van der Waals surface area contributed by atoms with E-state index in [-0.39, 0.29) is 29.0 Å². The first-order valence-corrected chi connectivity index (χ1v) is 15.0. The van der Waals surface area contributed by atoms with Crippen molar-refractivity contribution < 1.29 is 17.7 Å². The molecule has 2 saturated heterocycles. The summed E-state index contributed by atoms with van der Waals surface area (Å²) in [4.78, 5) is 17.8. The SMILES string of the molecule is Cc1ccc(/C=C/c2onc(C)c2S(=O)(=O)N2CCC[C@@H](C(=O)N3CCN(Cc4ccccc4)CC3)C2)cc1. The van der Waals surface area contributed by atoms with Crippen LogP contribution in [0.15, 0.2) is 64.0 Å². The third-order valence-electron chi connectivity index (χ3n) is 7.60. The molecule has 2 aliphatic rings. The maximum absolute atomic E-state index is 13.8. The molecule has 3 aromatic rings. The molecule has 0 spiro atoms. The lowest BCUT2D eigenvalue weighted by atomic mass is 9.97. The monoisotopic (exact) mass is 548 g/mol. The number of hydrogen-bond acceptors (Lipinski definition) is 6. The Balaban J connectivity index is 1.24. The van der Waals surface area contributed by atoms with Crippen molar-refractivity contribution in [2.75, 3.05) is 39.3 Å². The van der Waals surface area contributed by atoms with Gasteiger partial charge in [-0.1, -0.05) is 71.4 Å². The molecular formula is C30H36N4O4S. The van der Waals surface area contributed by atoms with E-state index in [1.807, 2.05) is 60.4 Å². The van der Waals surface area contributed by atoms with Gasteiger partial charge >= 0.3 is 0 Å². The fraction of sp³-hybridized carbons (Fsp3) is 0.400. The molecule has 2 aliphatic heterocycles. The lowest BCUT2D eigenvalue weighted by Gasteiger charge is -2.38. The molecule has 8 nitrogen and oxygen atoms in total. The zero-order valence-electron chi connectivity index (χ0n) is 22.6. The summed E-state index contributed by atoms with van der Waals surface area (Å²) in [6.45, 7) is 8.03. The highest BCUT2D eigenvalue weighted by Crippen LogP contribution is 2.30. The van der Waals surface area contributed by atoms with Gasteiger partial charge in [0.2, 0.25) is 15.9 Å². The quantitative estimate of drug-likeness (QED) is 0.440. The van der Waals surface area contributed by atoms with Crippen LogP contribution in [0.4, 0.5) is 0 Å². The molecule has 2 fully saturated rings. The van der Waals surface area contributed by atoms with E-state index in [9.17, 15) is 13.2 Å². The zero-order valence-corrected chi connectivity index (χ0v) is 23.4. The van der Waals surface area contributed by atoms with Gasteiger partial charge in [-0.3, -0.25) is 9.69 Å². The fourth-order valence-corrected chi connectivity index (χ4v) is 7.14. The first-order valence-electron chi connectivity index (χ1n) is 13.6. The number of aryl methyl sites for hydroxylation is 2. The van der Waals surface area contributed by atoms with Crippen LogP contribution in [0, 0.1) is 19.8 Å². The largest absolute Gasteiger partial charge is 0.355 e. The minimum absolute atomic E-state index is 0.0517. The second-order valence-corrected chi connectivity index (χ2v) is 12.4. The van der Waals surface area contributed by atoms with E-state index in [2.05, 4.69) is 22.2 Å². The first kappa shape index (κ1) is 27.3. The van der Waals surface area contributed by atoms with Crippen molar-refractivity contribution in [1.82, 2.24) is 19.3 Å². The summed E-state index contributed by atoms with van der Waals surface area (Å²) < 4.78 is 34.4. The van der Waals surface area contributed by atoms with Crippen LogP contribution in [0.1, 0.15) is 41.0 Å². The van der Waals surface area contributed by atoms with Gasteiger partial charge in [-0.15, -0.1) is 0 Å². The molecule has 2 aromatic carbocycles. The Kier molecular flexibility index (Phi) is 8.30. The topological polar surface area (TPSA) is 87.0 Å². The molecule has 9 heteroatoms. The molecule has 0 radical (unpaired) electrons. The average molecular weight is 549 g/mol. The summed E-state index contributed by atoms with van der Waals surface area (Å²) in [7, 11) is -3.88. The molecular weight excluding hydrogens is 512 g/mol. The number of aromatic nitrogens is 1. The Hall–Kier alpha value is -3.27. The van der Waals surface area contributed by atoms with Crippen molar-refractivity contribution in [2.24, 2.45) is 5.92 Å². The van der Waals surface area contributed by atoms with Gasteiger partial charge in [0.25, 0.3) is 0 Å². The summed E-state index contributed by atoms with van der Waals surface area (Å²) >= 11 is 0. The standard InChI is InChI=1S/C30H36N4O4S/c1-23-10-12-25(13-11-23)14-15-28-29(24(2)31-38-28)39(36,37)34-16-6-9-27(22-34)30(35)33-19-17-32(18-20-33)21-26-7-4-3-5-8-26/h3-5,7-8,10-15,27H,6,9,16-22H2,1-2H3/b15-14+/t27-/m1/s1. The number of sulfonamides is 1. The summed E-state index contributed by atoms with van der Waals surface area (Å²) in [6.07, 6.45) is 4.80. The van der Waals surface area contributed by atoms with Crippen molar-refractivity contribution in [3.63, 3.8) is 0 Å². The van der Waals surface area contributed by atoms with Gasteiger partial charge in [-0.2, -0.15) is 4.31 Å². The molecule has 0 saturated carbocycles. The van der Waals surface area contributed by atoms with Gasteiger partial charge in [0.1, 0.15) is 5.69 Å². The van der Waals surface area contributed by atoms with Crippen LogP contribution in [-0.4, -0.2) is 72.9 Å². The van der Waals surface area contributed by atoms with Crippen LogP contribution in [0.5, 0.6) is 0 Å². The third kappa shape index (κ3) is 6.32. The summed E-state index contributed by atoms with van der Waals surface area (Å²) in [5, 5.41) is 3.96. The molecule has 5 rings (SSSR count). The van der Waals surface area contributed by atoms with Crippen LogP contribution < -0.4 is 0 Å². The van der Waals surface area contributed by atoms with Gasteiger partial charge < -0.3 is 9.42 Å². The van der Waals surface area contributed by atoms with E-state index in [0.29, 0.717) is 38.2 Å². The van der Waals surface area contributed by atoms with Gasteiger partial charge in [-0.05, 0) is 43.9 Å². The average Bonchev–Trinajstić information content (AvgIpc) is 3.34. The predicted octanol–water partition coefficient (Wildman–Crippen LogP) is 4.21. The minimum atomic E-state index is -3.88. The molecule has 1 atom stereocenters. The Morgan fingerprint density at radius 1 is 0.974 bits per heavy atom. The number of piperidine rings is 1. The maximum Gasteiger partial charge on any atom is 0.248 e. The van der Waals surface area contributed by atoms with Crippen molar-refractivity contribution in [2.45, 2.75) is 38.1 Å². The van der Waals surface area contributed by atoms with E-state index >= 15 is 0 Å². The Morgan fingerprint density at radius 3 is 2.41 bits per heavy atom. The van der Waals surface area contributed by atoms with Crippen molar-refractivity contribution in [3.05, 3.63) is 82.7 Å². The van der Waals surface area contributed by atoms with E-state index in [1.54, 1.807) is 13.0 Å². The molecule has 39 heavy (non-hydrogen) atoms. The van der Waals surface area contributed by atoms with Gasteiger partial charge in [-0.25, -0.2) is 8.42 Å². The van der Waals surface area contributed by atoms with Crippen LogP contribution in [0.25, 0.3) is 12.2 Å². The normalized spacial score (nSPS) is 19.5. The number of piperazine rings is 1. The van der Waals surface area contributed by atoms with Gasteiger partial charge in [0.05, 0.1) is 5.92 Å². The minimum Gasteiger partial charge on any atom is -0.355 e. The van der Waals surface area contributed by atoms with Crippen LogP contribution in [0.2, 0.25) is 0 Å². The molecule has 0 unspecified atom stereocenters. The number of carbonyl (C=O) groups is 1. The molecule has 206 valence electrons. The van der Waals surface area contributed by atoms with Crippen LogP contribution in [-0.2, 0) is 21.4 Å². The molecule has 1 aromatic heterocycles. The van der Waals surface area contributed by atoms with E-state index < -0.39 is 10.0 Å². The van der Waals surface area contributed by atoms with Crippen molar-refractivity contribution in [1.29, 1.82) is 0 Å². The van der Waals surface area contributed by atoms with Crippen molar-refractivity contribution >= 4 is 28.1 Å². The zero-order chi connectivity index (χ0) is 27.4. The number of carbonyl (C=O) groups excluding carboxylic acids is 1. The lowest BCUT2D eigenvalue weighted by Crippen LogP contribution is -2.52. The smallest absolute Gasteiger partial charge is 0.248 e. The summed E-state index contributed by atoms with van der Waals surface area (Å²) in [5.74, 6) is -0.0900. The molecule has 1 amide bonds. The number of amides is 1. The fourth-order valence-electron chi connectivity index (χ4n) is 5.37. The van der Waals surface area contributed by atoms with E-state index in [1.165, 1.54) is 9.87 Å². The third-order valence-corrected chi connectivity index (χ3v) is 9.63. The molecule has 0 N–H and O–H groups in total. The molecule has 3 heterocycles. The molecule has 0 bridgehead atoms. The Labute approximate surface area is 230 Å². The number of benzene rings is 2. The summed E-state index contributed by atoms with van der Waals surface area (Å²) in [6, 6.07) is 18.3. The van der Waals surface area contributed by atoms with Crippen LogP contribution >= 0.6 is 0 Å². The highest BCUT2D eigenvalue weighted by molar-refractivity contribution is 7.89. The highest BCUT2D eigenvalue weighted by atomic mass is 32.2. The highest BCUT2D eigenvalue weighted by Gasteiger charge is 2.38. The number of rotatable bonds is 7. The van der Waals surface area contributed by atoms with Gasteiger partial charge in [0, 0.05) is 45.8 Å². The second-order valence-electron chi connectivity index (χ2n) is 10.5. The van der Waals surface area contributed by atoms with E-state index in [4.69, 9.17) is 4.52 Å². The van der Waals surface area contributed by atoms with E-state index in [0.717, 1.165) is 30.8 Å². The predicted molar refractivity (Wildman–Crippen MR) is 151 cm³/mol. The first-order chi connectivity index (χ1) is 18.8. The Bertz CT molecular complexity index is 1410. The summed E-state index contributed by atoms with van der Waals surface area (Å²) in [5.41, 5.74) is 3.67. The van der Waals surface area contributed by atoms with Gasteiger partial charge in [0.15, 0.2) is 10.7 Å². The second kappa shape index (κ2) is 11.9. The van der Waals surface area contributed by atoms with Crippen molar-refractivity contribution in [3.8, 4) is 0 Å². The number of hydrogen-bond donors (Lipinski definition) is 0. The number of nitrogens with zero attached hydrogens (tertiary/aromatic N) is 4. The van der Waals surface area contributed by atoms with Crippen LogP contribution in [0.3, 0.4) is 0 Å². The Morgan fingerprint density at radius 2 is 1.69 bits per heavy atom. The molecule has 0 aliphatic carbocycles.